The summed E-state index contributed by atoms with van der Waals surface area (Å²) in [6, 6.07) is 3.25. The minimum absolute atomic E-state index is 0.0622. The number of carbonyl (C=O) groups is 2. The molecule has 0 aliphatic heterocycles. The highest BCUT2D eigenvalue weighted by atomic mass is 32.1. The second kappa shape index (κ2) is 5.48. The molecule has 7 heteroatoms. The first-order chi connectivity index (χ1) is 9.75. The van der Waals surface area contributed by atoms with Crippen LogP contribution in [0.25, 0.3) is 10.1 Å². The largest absolute Gasteiger partial charge is 0.460 e. The molecule has 21 heavy (non-hydrogen) atoms. The van der Waals surface area contributed by atoms with Crippen molar-refractivity contribution in [2.45, 2.75) is 20.0 Å². The molecule has 1 aromatic heterocycles. The van der Waals surface area contributed by atoms with Gasteiger partial charge in [-0.05, 0) is 36.9 Å². The number of alkyl halides is 3. The minimum atomic E-state index is -4.45. The Morgan fingerprint density at radius 3 is 2.52 bits per heavy atom. The average Bonchev–Trinajstić information content (AvgIpc) is 2.74. The van der Waals surface area contributed by atoms with Gasteiger partial charge in [0.2, 0.25) is 0 Å². The number of benzene rings is 1. The van der Waals surface area contributed by atoms with E-state index in [0.29, 0.717) is 15.6 Å². The molecule has 1 aromatic carbocycles. The quantitative estimate of drug-likeness (QED) is 0.489. The molecule has 0 spiro atoms. The molecule has 0 radical (unpaired) electrons. The third kappa shape index (κ3) is 2.92. The van der Waals surface area contributed by atoms with Gasteiger partial charge in [-0.15, -0.1) is 11.3 Å². The predicted octanol–water partition coefficient (Wildman–Crippen LogP) is 3.97. The van der Waals surface area contributed by atoms with E-state index in [-0.39, 0.29) is 11.5 Å². The lowest BCUT2D eigenvalue weighted by Gasteiger charge is -2.05. The first kappa shape index (κ1) is 15.5. The normalized spacial score (nSPS) is 11.7. The number of hydrogen-bond donors (Lipinski definition) is 0. The molecule has 1 heterocycles. The number of rotatable bonds is 3. The van der Waals surface area contributed by atoms with Crippen molar-refractivity contribution in [2.24, 2.45) is 0 Å². The second-order valence-corrected chi connectivity index (χ2v) is 5.37. The summed E-state index contributed by atoms with van der Waals surface area (Å²) in [5.74, 6) is -1.83. The molecule has 0 bridgehead atoms. The van der Waals surface area contributed by atoms with Crippen LogP contribution in [0.15, 0.2) is 18.2 Å². The fourth-order valence-electron chi connectivity index (χ4n) is 1.91. The number of esters is 1. The molecule has 0 saturated heterocycles. The highest BCUT2D eigenvalue weighted by Crippen LogP contribution is 2.36. The van der Waals surface area contributed by atoms with Gasteiger partial charge in [0.05, 0.1) is 17.0 Å². The van der Waals surface area contributed by atoms with Crippen LogP contribution in [0.4, 0.5) is 13.2 Å². The van der Waals surface area contributed by atoms with E-state index in [4.69, 9.17) is 0 Å². The number of aryl methyl sites for hydroxylation is 1. The summed E-state index contributed by atoms with van der Waals surface area (Å²) in [4.78, 5) is 23.5. The standard InChI is InChI=1S/C14H11F3O3S/c1-3-20-13(19)11(18)12-7(2)9-5-4-8(14(15,16)17)6-10(9)21-12/h4-6H,3H2,1-2H3. The third-order valence-electron chi connectivity index (χ3n) is 2.93. The van der Waals surface area contributed by atoms with E-state index in [2.05, 4.69) is 4.74 Å². The van der Waals surface area contributed by atoms with Gasteiger partial charge in [0, 0.05) is 4.70 Å². The Morgan fingerprint density at radius 1 is 1.29 bits per heavy atom. The van der Waals surface area contributed by atoms with Gasteiger partial charge in [0.25, 0.3) is 5.78 Å². The van der Waals surface area contributed by atoms with E-state index in [0.717, 1.165) is 23.5 Å². The van der Waals surface area contributed by atoms with Gasteiger partial charge < -0.3 is 4.74 Å². The molecule has 0 N–H and O–H groups in total. The van der Waals surface area contributed by atoms with Gasteiger partial charge in [-0.25, -0.2) is 4.79 Å². The van der Waals surface area contributed by atoms with Crippen molar-refractivity contribution in [1.29, 1.82) is 0 Å². The van der Waals surface area contributed by atoms with E-state index in [1.807, 2.05) is 0 Å². The van der Waals surface area contributed by atoms with Crippen molar-refractivity contribution in [3.8, 4) is 0 Å². The molecule has 0 unspecified atom stereocenters. The average molecular weight is 316 g/mol. The number of ether oxygens (including phenoxy) is 1. The minimum Gasteiger partial charge on any atom is -0.460 e. The van der Waals surface area contributed by atoms with Crippen molar-refractivity contribution in [1.82, 2.24) is 0 Å². The Hall–Kier alpha value is -1.89. The second-order valence-electron chi connectivity index (χ2n) is 4.31. The Balaban J connectivity index is 2.51. The Morgan fingerprint density at radius 2 is 1.95 bits per heavy atom. The maximum absolute atomic E-state index is 12.7. The van der Waals surface area contributed by atoms with Crippen LogP contribution in [0.1, 0.15) is 27.7 Å². The van der Waals surface area contributed by atoms with E-state index in [9.17, 15) is 22.8 Å². The summed E-state index contributed by atoms with van der Waals surface area (Å²) in [5, 5.41) is 0.528. The zero-order valence-corrected chi connectivity index (χ0v) is 12.0. The maximum atomic E-state index is 12.7. The fourth-order valence-corrected chi connectivity index (χ4v) is 3.08. The SMILES string of the molecule is CCOC(=O)C(=O)c1sc2cc(C(F)(F)F)ccc2c1C. The number of thiophene rings is 1. The van der Waals surface area contributed by atoms with Crippen molar-refractivity contribution >= 4 is 33.2 Å². The maximum Gasteiger partial charge on any atom is 0.416 e. The Bertz CT molecular complexity index is 716. The highest BCUT2D eigenvalue weighted by molar-refractivity contribution is 7.21. The molecule has 3 nitrogen and oxygen atoms in total. The van der Waals surface area contributed by atoms with Gasteiger partial charge >= 0.3 is 12.1 Å². The molecule has 0 amide bonds. The van der Waals surface area contributed by atoms with Gasteiger partial charge in [-0.3, -0.25) is 4.79 Å². The number of hydrogen-bond acceptors (Lipinski definition) is 4. The summed E-state index contributed by atoms with van der Waals surface area (Å²) in [7, 11) is 0. The van der Waals surface area contributed by atoms with E-state index in [1.165, 1.54) is 6.07 Å². The molecule has 0 atom stereocenters. The summed E-state index contributed by atoms with van der Waals surface area (Å²) in [5.41, 5.74) is -0.298. The first-order valence-electron chi connectivity index (χ1n) is 6.07. The number of carbonyl (C=O) groups excluding carboxylic acids is 2. The molecular formula is C14H11F3O3S. The molecule has 2 aromatic rings. The Labute approximate surface area is 122 Å². The van der Waals surface area contributed by atoms with Crippen molar-refractivity contribution in [3.63, 3.8) is 0 Å². The van der Waals surface area contributed by atoms with Crippen LogP contribution in [-0.2, 0) is 15.7 Å². The molecule has 0 aliphatic rings. The topological polar surface area (TPSA) is 43.4 Å². The van der Waals surface area contributed by atoms with Gasteiger partial charge in [-0.2, -0.15) is 13.2 Å². The van der Waals surface area contributed by atoms with Gasteiger partial charge in [0.1, 0.15) is 0 Å². The summed E-state index contributed by atoms with van der Waals surface area (Å²) >= 11 is 0.866. The van der Waals surface area contributed by atoms with Crippen LogP contribution in [0.3, 0.4) is 0 Å². The van der Waals surface area contributed by atoms with Crippen LogP contribution >= 0.6 is 11.3 Å². The monoisotopic (exact) mass is 316 g/mol. The Kier molecular flexibility index (Phi) is 4.04. The summed E-state index contributed by atoms with van der Waals surface area (Å²) in [6.45, 7) is 3.23. The number of fused-ring (bicyclic) bond motifs is 1. The van der Waals surface area contributed by atoms with Crippen LogP contribution in [-0.4, -0.2) is 18.4 Å². The van der Waals surface area contributed by atoms with Gasteiger partial charge in [-0.1, -0.05) is 6.07 Å². The lowest BCUT2D eigenvalue weighted by molar-refractivity contribution is -0.138. The number of ketones is 1. The number of Topliss-reactive ketones (excluding diaryl/α,β-unsaturated/α-hetero) is 1. The zero-order valence-electron chi connectivity index (χ0n) is 11.2. The van der Waals surface area contributed by atoms with E-state index < -0.39 is 23.5 Å². The van der Waals surface area contributed by atoms with Gasteiger partial charge in [0.15, 0.2) is 0 Å². The van der Waals surface area contributed by atoms with Crippen molar-refractivity contribution in [2.75, 3.05) is 6.61 Å². The third-order valence-corrected chi connectivity index (χ3v) is 4.19. The highest BCUT2D eigenvalue weighted by Gasteiger charge is 2.31. The molecule has 2 rings (SSSR count). The smallest absolute Gasteiger partial charge is 0.416 e. The molecular weight excluding hydrogens is 305 g/mol. The van der Waals surface area contributed by atoms with Crippen LogP contribution in [0.2, 0.25) is 0 Å². The molecule has 112 valence electrons. The van der Waals surface area contributed by atoms with E-state index in [1.54, 1.807) is 13.8 Å². The summed E-state index contributed by atoms with van der Waals surface area (Å²) in [6.07, 6.45) is -4.45. The van der Waals surface area contributed by atoms with Crippen LogP contribution < -0.4 is 0 Å². The zero-order chi connectivity index (χ0) is 15.8. The molecule has 0 saturated carbocycles. The predicted molar refractivity (Wildman–Crippen MR) is 72.5 cm³/mol. The fraction of sp³-hybridized carbons (Fsp3) is 0.286. The number of halogens is 3. The van der Waals surface area contributed by atoms with Crippen molar-refractivity contribution < 1.29 is 27.5 Å². The van der Waals surface area contributed by atoms with Crippen LogP contribution in [0.5, 0.6) is 0 Å². The van der Waals surface area contributed by atoms with Crippen molar-refractivity contribution in [3.05, 3.63) is 34.2 Å². The lowest BCUT2D eigenvalue weighted by atomic mass is 10.1. The first-order valence-corrected chi connectivity index (χ1v) is 6.89. The molecule has 0 aliphatic carbocycles. The van der Waals surface area contributed by atoms with Crippen LogP contribution in [0, 0.1) is 6.92 Å². The lowest BCUT2D eigenvalue weighted by Crippen LogP contribution is -2.17. The van der Waals surface area contributed by atoms with E-state index >= 15 is 0 Å². The molecule has 0 fully saturated rings. The summed E-state index contributed by atoms with van der Waals surface area (Å²) < 4.78 is 43.0.